The van der Waals surface area contributed by atoms with Crippen molar-refractivity contribution in [2.75, 3.05) is 0 Å². The lowest BCUT2D eigenvalue weighted by Gasteiger charge is -2.13. The fourth-order valence-corrected chi connectivity index (χ4v) is 2.06. The molecular formula is C15H16ClF3O. The molecule has 0 fully saturated rings. The van der Waals surface area contributed by atoms with E-state index in [1.165, 1.54) is 12.1 Å². The monoisotopic (exact) mass is 304 g/mol. The standard InChI is InChI=1S/C15H16ClF3O/c1-3-4-5-6-7-11-8-10(2)12(14(16)20)9-13(11)15(17,18)19/h6-9H,3-5H2,1-2H3. The number of hydrogen-bond acceptors (Lipinski definition) is 1. The average molecular weight is 305 g/mol. The van der Waals surface area contributed by atoms with Gasteiger partial charge in [-0.15, -0.1) is 0 Å². The first-order valence-corrected chi connectivity index (χ1v) is 6.73. The molecule has 0 radical (unpaired) electrons. The van der Waals surface area contributed by atoms with E-state index in [0.29, 0.717) is 5.56 Å². The highest BCUT2D eigenvalue weighted by atomic mass is 35.5. The zero-order chi connectivity index (χ0) is 15.3. The van der Waals surface area contributed by atoms with Gasteiger partial charge in [-0.1, -0.05) is 38.0 Å². The van der Waals surface area contributed by atoms with Crippen LogP contribution in [0, 0.1) is 6.92 Å². The second-order valence-electron chi connectivity index (χ2n) is 4.57. The largest absolute Gasteiger partial charge is 0.417 e. The minimum absolute atomic E-state index is 0.0627. The molecule has 20 heavy (non-hydrogen) atoms. The number of alkyl halides is 3. The Morgan fingerprint density at radius 3 is 2.50 bits per heavy atom. The van der Waals surface area contributed by atoms with Crippen LogP contribution in [0.4, 0.5) is 13.2 Å². The van der Waals surface area contributed by atoms with E-state index in [1.54, 1.807) is 13.0 Å². The second-order valence-corrected chi connectivity index (χ2v) is 4.91. The van der Waals surface area contributed by atoms with E-state index in [4.69, 9.17) is 11.6 Å². The smallest absolute Gasteiger partial charge is 0.276 e. The van der Waals surface area contributed by atoms with Crippen LogP contribution in [0.5, 0.6) is 0 Å². The highest BCUT2D eigenvalue weighted by Crippen LogP contribution is 2.34. The van der Waals surface area contributed by atoms with Crippen molar-refractivity contribution >= 4 is 22.9 Å². The van der Waals surface area contributed by atoms with Gasteiger partial charge in [-0.25, -0.2) is 0 Å². The quantitative estimate of drug-likeness (QED) is 0.511. The first-order chi connectivity index (χ1) is 9.27. The Labute approximate surface area is 121 Å². The van der Waals surface area contributed by atoms with Crippen LogP contribution in [0.3, 0.4) is 0 Å². The van der Waals surface area contributed by atoms with Gasteiger partial charge in [0, 0.05) is 5.56 Å². The van der Waals surface area contributed by atoms with Crippen molar-refractivity contribution in [3.8, 4) is 0 Å². The summed E-state index contributed by atoms with van der Waals surface area (Å²) in [7, 11) is 0. The molecule has 0 aliphatic carbocycles. The number of halogens is 4. The third kappa shape index (κ3) is 4.37. The lowest BCUT2D eigenvalue weighted by molar-refractivity contribution is -0.137. The molecular weight excluding hydrogens is 289 g/mol. The second kappa shape index (κ2) is 6.93. The molecule has 0 aliphatic heterocycles. The molecule has 0 saturated heterocycles. The molecule has 0 aromatic heterocycles. The molecule has 110 valence electrons. The molecule has 0 amide bonds. The fourth-order valence-electron chi connectivity index (χ4n) is 1.86. The normalized spacial score (nSPS) is 12.1. The molecule has 0 spiro atoms. The van der Waals surface area contributed by atoms with Crippen LogP contribution in [0.15, 0.2) is 18.2 Å². The number of allylic oxidation sites excluding steroid dienone is 1. The summed E-state index contributed by atoms with van der Waals surface area (Å²) in [4.78, 5) is 11.1. The van der Waals surface area contributed by atoms with E-state index in [1.807, 2.05) is 6.92 Å². The molecule has 0 heterocycles. The van der Waals surface area contributed by atoms with E-state index in [2.05, 4.69) is 0 Å². The first kappa shape index (κ1) is 16.8. The van der Waals surface area contributed by atoms with Gasteiger partial charge < -0.3 is 0 Å². The van der Waals surface area contributed by atoms with Gasteiger partial charge in [0.1, 0.15) is 0 Å². The van der Waals surface area contributed by atoms with Crippen LogP contribution < -0.4 is 0 Å². The van der Waals surface area contributed by atoms with Crippen LogP contribution in [0.25, 0.3) is 6.08 Å². The zero-order valence-corrected chi connectivity index (χ0v) is 12.1. The van der Waals surface area contributed by atoms with Crippen molar-refractivity contribution < 1.29 is 18.0 Å². The van der Waals surface area contributed by atoms with E-state index < -0.39 is 17.0 Å². The van der Waals surface area contributed by atoms with Gasteiger partial charge in [0.05, 0.1) is 5.56 Å². The number of carbonyl (C=O) groups excluding carboxylic acids is 1. The lowest BCUT2D eigenvalue weighted by atomic mass is 9.98. The Hall–Kier alpha value is -1.29. The zero-order valence-electron chi connectivity index (χ0n) is 11.4. The number of benzene rings is 1. The molecule has 0 saturated carbocycles. The predicted molar refractivity (Wildman–Crippen MR) is 74.9 cm³/mol. The van der Waals surface area contributed by atoms with Crippen LogP contribution >= 0.6 is 11.6 Å². The summed E-state index contributed by atoms with van der Waals surface area (Å²) in [5.74, 6) is 0. The van der Waals surface area contributed by atoms with Crippen LogP contribution in [0.1, 0.15) is 53.2 Å². The molecule has 1 aromatic rings. The summed E-state index contributed by atoms with van der Waals surface area (Å²) in [6.07, 6.45) is 1.29. The minimum atomic E-state index is -4.51. The van der Waals surface area contributed by atoms with Crippen molar-refractivity contribution in [1.82, 2.24) is 0 Å². The van der Waals surface area contributed by atoms with Crippen molar-refractivity contribution in [3.05, 3.63) is 40.5 Å². The first-order valence-electron chi connectivity index (χ1n) is 6.35. The molecule has 1 nitrogen and oxygen atoms in total. The van der Waals surface area contributed by atoms with Crippen LogP contribution in [-0.2, 0) is 6.18 Å². The Balaban J connectivity index is 3.25. The highest BCUT2D eigenvalue weighted by molar-refractivity contribution is 6.67. The number of rotatable bonds is 5. The summed E-state index contributed by atoms with van der Waals surface area (Å²) >= 11 is 5.30. The Morgan fingerprint density at radius 2 is 2.00 bits per heavy atom. The molecule has 0 N–H and O–H groups in total. The van der Waals surface area contributed by atoms with Gasteiger partial charge >= 0.3 is 6.18 Å². The van der Waals surface area contributed by atoms with Crippen molar-refractivity contribution in [2.24, 2.45) is 0 Å². The SMILES string of the molecule is CCCCC=Cc1cc(C)c(C(=O)Cl)cc1C(F)(F)F. The third-order valence-electron chi connectivity index (χ3n) is 2.94. The van der Waals surface area contributed by atoms with Gasteiger partial charge in [-0.3, -0.25) is 4.79 Å². The van der Waals surface area contributed by atoms with E-state index in [0.717, 1.165) is 25.3 Å². The summed E-state index contributed by atoms with van der Waals surface area (Å²) in [6, 6.07) is 2.17. The molecule has 5 heteroatoms. The van der Waals surface area contributed by atoms with E-state index in [9.17, 15) is 18.0 Å². The Kier molecular flexibility index (Phi) is 5.81. The summed E-state index contributed by atoms with van der Waals surface area (Å²) in [6.45, 7) is 3.58. The van der Waals surface area contributed by atoms with Gasteiger partial charge in [0.25, 0.3) is 5.24 Å². The van der Waals surface area contributed by atoms with Crippen molar-refractivity contribution in [1.29, 1.82) is 0 Å². The third-order valence-corrected chi connectivity index (χ3v) is 3.14. The maximum absolute atomic E-state index is 13.0. The van der Waals surface area contributed by atoms with Gasteiger partial charge in [-0.05, 0) is 42.1 Å². The van der Waals surface area contributed by atoms with Crippen molar-refractivity contribution in [2.45, 2.75) is 39.3 Å². The Morgan fingerprint density at radius 1 is 1.35 bits per heavy atom. The summed E-state index contributed by atoms with van der Waals surface area (Å²) in [5, 5.41) is -0.880. The average Bonchev–Trinajstić information content (AvgIpc) is 2.32. The topological polar surface area (TPSA) is 17.1 Å². The molecule has 1 rings (SSSR count). The molecule has 0 aliphatic rings. The maximum Gasteiger partial charge on any atom is 0.417 e. The van der Waals surface area contributed by atoms with Gasteiger partial charge in [0.2, 0.25) is 0 Å². The molecule has 1 aromatic carbocycles. The highest BCUT2D eigenvalue weighted by Gasteiger charge is 2.33. The van der Waals surface area contributed by atoms with Gasteiger partial charge in [0.15, 0.2) is 0 Å². The predicted octanol–water partition coefficient (Wildman–Crippen LogP) is 5.60. The molecule has 0 unspecified atom stereocenters. The Bertz CT molecular complexity index is 519. The number of unbranched alkanes of at least 4 members (excludes halogenated alkanes) is 2. The van der Waals surface area contributed by atoms with E-state index >= 15 is 0 Å². The lowest BCUT2D eigenvalue weighted by Crippen LogP contribution is -2.10. The molecule has 0 bridgehead atoms. The maximum atomic E-state index is 13.0. The fraction of sp³-hybridized carbons (Fsp3) is 0.400. The number of hydrogen-bond donors (Lipinski definition) is 0. The molecule has 0 atom stereocenters. The summed E-state index contributed by atoms with van der Waals surface area (Å²) < 4.78 is 39.0. The number of aryl methyl sites for hydroxylation is 1. The number of carbonyl (C=O) groups is 1. The van der Waals surface area contributed by atoms with Gasteiger partial charge in [-0.2, -0.15) is 13.2 Å². The minimum Gasteiger partial charge on any atom is -0.276 e. The van der Waals surface area contributed by atoms with Crippen molar-refractivity contribution in [3.63, 3.8) is 0 Å². The summed E-state index contributed by atoms with van der Waals surface area (Å²) in [5.41, 5.74) is -0.439. The van der Waals surface area contributed by atoms with Crippen LogP contribution in [0.2, 0.25) is 0 Å². The van der Waals surface area contributed by atoms with Crippen LogP contribution in [-0.4, -0.2) is 5.24 Å². The van der Waals surface area contributed by atoms with E-state index in [-0.39, 0.29) is 11.1 Å².